The van der Waals surface area contributed by atoms with Crippen molar-refractivity contribution in [1.82, 2.24) is 10.3 Å². The van der Waals surface area contributed by atoms with Crippen molar-refractivity contribution in [2.75, 3.05) is 6.54 Å². The van der Waals surface area contributed by atoms with Crippen molar-refractivity contribution in [3.63, 3.8) is 0 Å². The van der Waals surface area contributed by atoms with Crippen molar-refractivity contribution in [2.24, 2.45) is 11.0 Å². The Morgan fingerprint density at radius 2 is 2.00 bits per heavy atom. The van der Waals surface area contributed by atoms with E-state index in [2.05, 4.69) is 22.6 Å². The molecule has 34 heavy (non-hydrogen) atoms. The molecule has 1 heterocycles. The number of nitrogens with zero attached hydrogens (tertiary/aromatic N) is 2. The first-order valence-corrected chi connectivity index (χ1v) is 12.7. The highest BCUT2D eigenvalue weighted by Gasteiger charge is 2.49. The van der Waals surface area contributed by atoms with Gasteiger partial charge in [0.1, 0.15) is 21.5 Å². The summed E-state index contributed by atoms with van der Waals surface area (Å²) in [6.07, 6.45) is 9.11. The number of hydrazone groups is 1. The van der Waals surface area contributed by atoms with Gasteiger partial charge in [-0.3, -0.25) is 4.79 Å². The van der Waals surface area contributed by atoms with E-state index in [1.165, 1.54) is 16.8 Å². The lowest BCUT2D eigenvalue weighted by molar-refractivity contribution is -0.138. The maximum atomic E-state index is 14.7. The average Bonchev–Trinajstić information content (AvgIpc) is 3.24. The normalized spacial score (nSPS) is 22.3. The van der Waals surface area contributed by atoms with E-state index in [1.807, 2.05) is 44.2 Å². The summed E-state index contributed by atoms with van der Waals surface area (Å²) in [5.74, 6) is -1.53. The van der Waals surface area contributed by atoms with Crippen molar-refractivity contribution in [3.8, 4) is 0 Å². The summed E-state index contributed by atoms with van der Waals surface area (Å²) >= 11 is 1.34. The van der Waals surface area contributed by atoms with E-state index in [1.54, 1.807) is 0 Å². The van der Waals surface area contributed by atoms with Crippen LogP contribution in [0.15, 0.2) is 65.8 Å². The Morgan fingerprint density at radius 3 is 2.71 bits per heavy atom. The molecule has 2 atom stereocenters. The third kappa shape index (κ3) is 5.26. The van der Waals surface area contributed by atoms with Crippen LogP contribution in [-0.2, 0) is 9.67 Å². The highest BCUT2D eigenvalue weighted by atomic mass is 32.2. The molecule has 0 bridgehead atoms. The first-order valence-electron chi connectivity index (χ1n) is 11.9. The van der Waals surface area contributed by atoms with Crippen LogP contribution in [0.3, 0.4) is 0 Å². The number of rotatable bonds is 8. The predicted octanol–water partition coefficient (Wildman–Crippen LogP) is 6.19. The second-order valence-corrected chi connectivity index (χ2v) is 10.4. The van der Waals surface area contributed by atoms with Crippen LogP contribution in [-0.4, -0.2) is 28.5 Å². The number of thioether (sulfide) groups is 1. The van der Waals surface area contributed by atoms with Gasteiger partial charge in [0.25, 0.3) is 0 Å². The summed E-state index contributed by atoms with van der Waals surface area (Å²) in [5, 5.41) is 10.1. The van der Waals surface area contributed by atoms with Crippen LogP contribution < -0.4 is 5.32 Å². The number of benzene rings is 2. The highest BCUT2D eigenvalue weighted by Crippen LogP contribution is 2.51. The van der Waals surface area contributed by atoms with E-state index in [4.69, 9.17) is 0 Å². The first-order chi connectivity index (χ1) is 16.4. The Labute approximate surface area is 204 Å². The number of halogens is 2. The van der Waals surface area contributed by atoms with Gasteiger partial charge in [-0.25, -0.2) is 13.8 Å². The molecule has 2 aromatic rings. The zero-order valence-electron chi connectivity index (χ0n) is 19.6. The Balaban J connectivity index is 1.65. The van der Waals surface area contributed by atoms with Crippen LogP contribution in [0.4, 0.5) is 8.78 Å². The van der Waals surface area contributed by atoms with Gasteiger partial charge < -0.3 is 5.32 Å². The molecule has 4 nitrogen and oxygen atoms in total. The SMILES string of the molecule is CC(C)C(=O)N1N=C(c2cc(F)ccc2F)SC1(CCCNC1CC=CCC1)c1ccccc1. The molecule has 2 aliphatic rings. The van der Waals surface area contributed by atoms with Crippen LogP contribution in [0.2, 0.25) is 0 Å². The van der Waals surface area contributed by atoms with Crippen molar-refractivity contribution in [3.05, 3.63) is 83.4 Å². The predicted molar refractivity (Wildman–Crippen MR) is 134 cm³/mol. The summed E-state index contributed by atoms with van der Waals surface area (Å²) in [4.78, 5) is 12.5. The molecule has 1 amide bonds. The fourth-order valence-electron chi connectivity index (χ4n) is 4.43. The lowest BCUT2D eigenvalue weighted by atomic mass is 9.98. The standard InChI is InChI=1S/C27H31F2N3OS/c1-19(2)26(33)32-27(20-10-5-3-6-11-20,16-9-17-30-22-12-7-4-8-13-22)34-25(31-32)23-18-21(28)14-15-24(23)29/h3-7,10-11,14-15,18-19,22,30H,8-9,12-13,16-17H2,1-2H3. The van der Waals surface area contributed by atoms with E-state index in [0.717, 1.165) is 56.0 Å². The second-order valence-electron chi connectivity index (χ2n) is 9.13. The summed E-state index contributed by atoms with van der Waals surface area (Å²) in [5.41, 5.74) is 1.00. The number of hydrogen-bond acceptors (Lipinski definition) is 4. The molecular formula is C27H31F2N3OS. The lowest BCUT2D eigenvalue weighted by Crippen LogP contribution is -2.44. The monoisotopic (exact) mass is 483 g/mol. The minimum absolute atomic E-state index is 0.0801. The Bertz CT molecular complexity index is 1070. The number of nitrogens with one attached hydrogen (secondary N) is 1. The zero-order chi connectivity index (χ0) is 24.1. The van der Waals surface area contributed by atoms with Crippen LogP contribution in [0.1, 0.15) is 57.1 Å². The van der Waals surface area contributed by atoms with E-state index >= 15 is 0 Å². The van der Waals surface area contributed by atoms with E-state index in [0.29, 0.717) is 17.5 Å². The summed E-state index contributed by atoms with van der Waals surface area (Å²) in [6.45, 7) is 4.47. The Kier molecular flexibility index (Phi) is 7.84. The van der Waals surface area contributed by atoms with E-state index in [-0.39, 0.29) is 17.4 Å². The maximum absolute atomic E-state index is 14.7. The van der Waals surface area contributed by atoms with Crippen LogP contribution in [0, 0.1) is 17.6 Å². The highest BCUT2D eigenvalue weighted by molar-refractivity contribution is 8.15. The molecule has 2 aromatic carbocycles. The third-order valence-electron chi connectivity index (χ3n) is 6.28. The smallest absolute Gasteiger partial charge is 0.246 e. The number of allylic oxidation sites excluding steroid dienone is 1. The number of carbonyl (C=O) groups excluding carboxylic acids is 1. The number of amides is 1. The molecule has 1 aliphatic heterocycles. The van der Waals surface area contributed by atoms with Gasteiger partial charge in [0.05, 0.1) is 0 Å². The van der Waals surface area contributed by atoms with Crippen molar-refractivity contribution in [2.45, 2.75) is 56.9 Å². The summed E-state index contributed by atoms with van der Waals surface area (Å²) in [6, 6.07) is 13.6. The molecule has 0 radical (unpaired) electrons. The second kappa shape index (κ2) is 10.8. The van der Waals surface area contributed by atoms with Gasteiger partial charge in [0, 0.05) is 17.5 Å². The van der Waals surface area contributed by atoms with Gasteiger partial charge in [-0.05, 0) is 62.4 Å². The van der Waals surface area contributed by atoms with Gasteiger partial charge in [-0.15, -0.1) is 0 Å². The molecule has 4 rings (SSSR count). The minimum atomic E-state index is -0.829. The van der Waals surface area contributed by atoms with Crippen molar-refractivity contribution >= 4 is 22.7 Å². The molecule has 0 fully saturated rings. The lowest BCUT2D eigenvalue weighted by Gasteiger charge is -2.37. The van der Waals surface area contributed by atoms with Gasteiger partial charge >= 0.3 is 0 Å². The van der Waals surface area contributed by atoms with E-state index in [9.17, 15) is 13.6 Å². The largest absolute Gasteiger partial charge is 0.314 e. The fraction of sp³-hybridized carbons (Fsp3) is 0.407. The quantitative estimate of drug-likeness (QED) is 0.360. The van der Waals surface area contributed by atoms with Gasteiger partial charge in [-0.1, -0.05) is 68.1 Å². The number of carbonyl (C=O) groups is 1. The minimum Gasteiger partial charge on any atom is -0.314 e. The van der Waals surface area contributed by atoms with Crippen LogP contribution in [0.5, 0.6) is 0 Å². The Morgan fingerprint density at radius 1 is 1.21 bits per heavy atom. The third-order valence-corrected chi connectivity index (χ3v) is 7.72. The molecule has 1 aliphatic carbocycles. The van der Waals surface area contributed by atoms with Gasteiger partial charge in [-0.2, -0.15) is 5.10 Å². The molecule has 0 aromatic heterocycles. The molecule has 2 unspecified atom stereocenters. The molecule has 7 heteroatoms. The molecule has 1 N–H and O–H groups in total. The van der Waals surface area contributed by atoms with Crippen molar-refractivity contribution in [1.29, 1.82) is 0 Å². The van der Waals surface area contributed by atoms with Crippen LogP contribution in [0.25, 0.3) is 0 Å². The van der Waals surface area contributed by atoms with Crippen LogP contribution >= 0.6 is 11.8 Å². The number of hydrogen-bond donors (Lipinski definition) is 1. The topological polar surface area (TPSA) is 44.7 Å². The molecular weight excluding hydrogens is 452 g/mol. The summed E-state index contributed by atoms with van der Waals surface area (Å²) < 4.78 is 28.7. The molecule has 180 valence electrons. The molecule has 0 saturated carbocycles. The zero-order valence-corrected chi connectivity index (χ0v) is 20.5. The van der Waals surface area contributed by atoms with E-state index < -0.39 is 16.5 Å². The Hall–Kier alpha value is -2.51. The first kappa shape index (κ1) is 24.6. The summed E-state index contributed by atoms with van der Waals surface area (Å²) in [7, 11) is 0. The average molecular weight is 484 g/mol. The molecule has 0 saturated heterocycles. The maximum Gasteiger partial charge on any atom is 0.246 e. The van der Waals surface area contributed by atoms with Gasteiger partial charge in [0.2, 0.25) is 5.91 Å². The molecule has 0 spiro atoms. The van der Waals surface area contributed by atoms with Gasteiger partial charge in [0.15, 0.2) is 0 Å². The fourth-order valence-corrected chi connectivity index (χ4v) is 5.86. The van der Waals surface area contributed by atoms with Crippen molar-refractivity contribution < 1.29 is 13.6 Å².